The second-order valence-electron chi connectivity index (χ2n) is 3.85. The van der Waals surface area contributed by atoms with Crippen molar-refractivity contribution in [3.63, 3.8) is 0 Å². The maximum absolute atomic E-state index is 4.14. The number of piperidine rings is 1. The lowest BCUT2D eigenvalue weighted by Gasteiger charge is -2.28. The Morgan fingerprint density at radius 3 is 3.08 bits per heavy atom. The van der Waals surface area contributed by atoms with Crippen LogP contribution in [0.25, 0.3) is 0 Å². The van der Waals surface area contributed by atoms with Gasteiger partial charge in [0, 0.05) is 7.05 Å². The van der Waals surface area contributed by atoms with Crippen LogP contribution < -0.4 is 5.32 Å². The summed E-state index contributed by atoms with van der Waals surface area (Å²) >= 11 is 0. The third-order valence-electron chi connectivity index (χ3n) is 2.79. The minimum absolute atomic E-state index is 0.390. The van der Waals surface area contributed by atoms with Crippen molar-refractivity contribution in [3.8, 4) is 0 Å². The SMILES string of the molecule is CC1CCCNC1c1nncn1C. The Morgan fingerprint density at radius 1 is 1.62 bits per heavy atom. The Balaban J connectivity index is 2.19. The average Bonchev–Trinajstić information content (AvgIpc) is 2.52. The summed E-state index contributed by atoms with van der Waals surface area (Å²) < 4.78 is 2.00. The minimum atomic E-state index is 0.390. The molecule has 1 aliphatic rings. The normalized spacial score (nSPS) is 29.1. The van der Waals surface area contributed by atoms with Crippen molar-refractivity contribution < 1.29 is 0 Å². The second-order valence-corrected chi connectivity index (χ2v) is 3.85. The van der Waals surface area contributed by atoms with E-state index in [0.29, 0.717) is 12.0 Å². The van der Waals surface area contributed by atoms with E-state index >= 15 is 0 Å². The molecule has 0 saturated carbocycles. The molecular formula is C9H16N4. The second kappa shape index (κ2) is 3.46. The number of rotatable bonds is 1. The summed E-state index contributed by atoms with van der Waals surface area (Å²) in [6.45, 7) is 3.37. The first-order valence-electron chi connectivity index (χ1n) is 4.86. The molecule has 0 aromatic carbocycles. The van der Waals surface area contributed by atoms with Gasteiger partial charge in [-0.2, -0.15) is 0 Å². The molecule has 0 spiro atoms. The number of hydrogen-bond acceptors (Lipinski definition) is 3. The maximum atomic E-state index is 4.14. The van der Waals surface area contributed by atoms with Crippen molar-refractivity contribution in [3.05, 3.63) is 12.2 Å². The molecule has 2 heterocycles. The van der Waals surface area contributed by atoms with Crippen LogP contribution in [-0.2, 0) is 7.05 Å². The number of nitrogens with one attached hydrogen (secondary N) is 1. The molecule has 1 saturated heterocycles. The lowest BCUT2D eigenvalue weighted by molar-refractivity contribution is 0.290. The van der Waals surface area contributed by atoms with Crippen LogP contribution in [0.1, 0.15) is 31.6 Å². The molecule has 2 unspecified atom stereocenters. The van der Waals surface area contributed by atoms with E-state index in [0.717, 1.165) is 12.4 Å². The van der Waals surface area contributed by atoms with Gasteiger partial charge in [-0.25, -0.2) is 0 Å². The molecule has 1 aliphatic heterocycles. The van der Waals surface area contributed by atoms with Gasteiger partial charge in [0.2, 0.25) is 0 Å². The predicted octanol–water partition coefficient (Wildman–Crippen LogP) is 0.876. The topological polar surface area (TPSA) is 42.7 Å². The van der Waals surface area contributed by atoms with Gasteiger partial charge >= 0.3 is 0 Å². The molecule has 1 aromatic rings. The summed E-state index contributed by atoms with van der Waals surface area (Å²) in [5, 5.41) is 11.5. The highest BCUT2D eigenvalue weighted by molar-refractivity contribution is 4.98. The molecule has 1 N–H and O–H groups in total. The van der Waals surface area contributed by atoms with E-state index < -0.39 is 0 Å². The van der Waals surface area contributed by atoms with E-state index in [1.54, 1.807) is 6.33 Å². The van der Waals surface area contributed by atoms with Crippen LogP contribution in [0.4, 0.5) is 0 Å². The van der Waals surface area contributed by atoms with Gasteiger partial charge in [0.1, 0.15) is 12.2 Å². The van der Waals surface area contributed by atoms with Gasteiger partial charge in [0.05, 0.1) is 6.04 Å². The number of aromatic nitrogens is 3. The van der Waals surface area contributed by atoms with Crippen LogP contribution in [-0.4, -0.2) is 21.3 Å². The van der Waals surface area contributed by atoms with Gasteiger partial charge < -0.3 is 9.88 Å². The molecular weight excluding hydrogens is 164 g/mol. The molecule has 1 aromatic heterocycles. The van der Waals surface area contributed by atoms with Gasteiger partial charge in [-0.15, -0.1) is 10.2 Å². The maximum Gasteiger partial charge on any atom is 0.149 e. The Kier molecular flexibility index (Phi) is 2.31. The summed E-state index contributed by atoms with van der Waals surface area (Å²) in [7, 11) is 2.00. The first-order chi connectivity index (χ1) is 6.29. The summed E-state index contributed by atoms with van der Waals surface area (Å²) in [5.74, 6) is 1.73. The van der Waals surface area contributed by atoms with Crippen molar-refractivity contribution in [2.75, 3.05) is 6.54 Å². The minimum Gasteiger partial charge on any atom is -0.319 e. The van der Waals surface area contributed by atoms with Crippen molar-refractivity contribution in [2.24, 2.45) is 13.0 Å². The Hall–Kier alpha value is -0.900. The Morgan fingerprint density at radius 2 is 2.46 bits per heavy atom. The number of aryl methyl sites for hydroxylation is 1. The zero-order chi connectivity index (χ0) is 9.26. The van der Waals surface area contributed by atoms with Gasteiger partial charge in [0.15, 0.2) is 0 Å². The van der Waals surface area contributed by atoms with E-state index in [1.807, 2.05) is 11.6 Å². The highest BCUT2D eigenvalue weighted by Gasteiger charge is 2.25. The zero-order valence-electron chi connectivity index (χ0n) is 8.20. The Labute approximate surface area is 78.4 Å². The Bertz CT molecular complexity index is 281. The van der Waals surface area contributed by atoms with Gasteiger partial charge in [0.25, 0.3) is 0 Å². The van der Waals surface area contributed by atoms with E-state index in [2.05, 4.69) is 22.4 Å². The van der Waals surface area contributed by atoms with Crippen molar-refractivity contribution in [1.29, 1.82) is 0 Å². The van der Waals surface area contributed by atoms with Crippen LogP contribution >= 0.6 is 0 Å². The van der Waals surface area contributed by atoms with E-state index in [-0.39, 0.29) is 0 Å². The van der Waals surface area contributed by atoms with E-state index in [9.17, 15) is 0 Å². The lowest BCUT2D eigenvalue weighted by atomic mass is 9.92. The largest absolute Gasteiger partial charge is 0.319 e. The molecule has 4 heteroatoms. The lowest BCUT2D eigenvalue weighted by Crippen LogP contribution is -2.34. The third kappa shape index (κ3) is 1.58. The molecule has 2 atom stereocenters. The van der Waals surface area contributed by atoms with Gasteiger partial charge in [-0.3, -0.25) is 0 Å². The quantitative estimate of drug-likeness (QED) is 0.697. The predicted molar refractivity (Wildman–Crippen MR) is 50.1 cm³/mol. The van der Waals surface area contributed by atoms with Crippen molar-refractivity contribution in [1.82, 2.24) is 20.1 Å². The fourth-order valence-electron chi connectivity index (χ4n) is 1.97. The molecule has 72 valence electrons. The molecule has 2 rings (SSSR count). The summed E-state index contributed by atoms with van der Waals surface area (Å²) in [6.07, 6.45) is 4.32. The fraction of sp³-hybridized carbons (Fsp3) is 0.778. The van der Waals surface area contributed by atoms with Crippen LogP contribution in [0.5, 0.6) is 0 Å². The van der Waals surface area contributed by atoms with Crippen LogP contribution in [0.2, 0.25) is 0 Å². The average molecular weight is 180 g/mol. The number of nitrogens with zero attached hydrogens (tertiary/aromatic N) is 3. The van der Waals surface area contributed by atoms with E-state index in [4.69, 9.17) is 0 Å². The molecule has 13 heavy (non-hydrogen) atoms. The van der Waals surface area contributed by atoms with Gasteiger partial charge in [-0.05, 0) is 25.3 Å². The van der Waals surface area contributed by atoms with Crippen molar-refractivity contribution >= 4 is 0 Å². The summed E-state index contributed by atoms with van der Waals surface area (Å²) in [4.78, 5) is 0. The fourth-order valence-corrected chi connectivity index (χ4v) is 1.97. The molecule has 0 radical (unpaired) electrons. The molecule has 1 fully saturated rings. The van der Waals surface area contributed by atoms with Crippen molar-refractivity contribution in [2.45, 2.75) is 25.8 Å². The standard InChI is InChI=1S/C9H16N4/c1-7-4-3-5-10-8(7)9-12-11-6-13(9)2/h6-8,10H,3-5H2,1-2H3. The summed E-state index contributed by atoms with van der Waals surface area (Å²) in [6, 6.07) is 0.390. The van der Waals surface area contributed by atoms with Gasteiger partial charge in [-0.1, -0.05) is 6.92 Å². The smallest absolute Gasteiger partial charge is 0.149 e. The molecule has 0 aliphatic carbocycles. The zero-order valence-corrected chi connectivity index (χ0v) is 8.20. The highest BCUT2D eigenvalue weighted by Crippen LogP contribution is 2.26. The molecule has 0 bridgehead atoms. The first-order valence-corrected chi connectivity index (χ1v) is 4.86. The molecule has 0 amide bonds. The summed E-state index contributed by atoms with van der Waals surface area (Å²) in [5.41, 5.74) is 0. The number of hydrogen-bond donors (Lipinski definition) is 1. The third-order valence-corrected chi connectivity index (χ3v) is 2.79. The van der Waals surface area contributed by atoms with Crippen LogP contribution in [0.3, 0.4) is 0 Å². The van der Waals surface area contributed by atoms with Crippen LogP contribution in [0, 0.1) is 5.92 Å². The highest BCUT2D eigenvalue weighted by atomic mass is 15.3. The van der Waals surface area contributed by atoms with Crippen LogP contribution in [0.15, 0.2) is 6.33 Å². The monoisotopic (exact) mass is 180 g/mol. The van der Waals surface area contributed by atoms with E-state index in [1.165, 1.54) is 12.8 Å². The molecule has 4 nitrogen and oxygen atoms in total. The first kappa shape index (κ1) is 8.69.